The Bertz CT molecular complexity index is 1380. The van der Waals surface area contributed by atoms with E-state index >= 15 is 0 Å². The summed E-state index contributed by atoms with van der Waals surface area (Å²) < 4.78 is 39.5. The number of amides is 4. The third-order valence-electron chi connectivity index (χ3n) is 5.16. The van der Waals surface area contributed by atoms with Gasteiger partial charge in [0.2, 0.25) is 0 Å². The van der Waals surface area contributed by atoms with Gasteiger partial charge < -0.3 is 9.47 Å². The van der Waals surface area contributed by atoms with Gasteiger partial charge in [0.15, 0.2) is 11.5 Å². The van der Waals surface area contributed by atoms with E-state index < -0.39 is 29.5 Å². The Hall–Kier alpha value is -3.80. The molecule has 1 aliphatic rings. The van der Waals surface area contributed by atoms with E-state index in [0.717, 1.165) is 17.0 Å². The molecule has 4 amide bonds. The van der Waals surface area contributed by atoms with Gasteiger partial charge in [0.1, 0.15) is 23.8 Å². The Balaban J connectivity index is 1.66. The van der Waals surface area contributed by atoms with Gasteiger partial charge in [-0.3, -0.25) is 14.9 Å². The lowest BCUT2D eigenvalue weighted by molar-refractivity contribution is -0.122. The average Bonchev–Trinajstić information content (AvgIpc) is 2.83. The molecule has 3 aromatic carbocycles. The number of imide groups is 2. The number of benzene rings is 3. The predicted molar refractivity (Wildman–Crippen MR) is 136 cm³/mol. The fourth-order valence-electron chi connectivity index (χ4n) is 3.49. The third-order valence-corrected chi connectivity index (χ3v) is 5.96. The zero-order valence-electron chi connectivity index (χ0n) is 18.9. The second kappa shape index (κ2) is 10.9. The molecule has 36 heavy (non-hydrogen) atoms. The first kappa shape index (κ1) is 25.3. The number of nitrogens with one attached hydrogen (secondary N) is 1. The van der Waals surface area contributed by atoms with Crippen LogP contribution < -0.4 is 19.7 Å². The molecule has 1 fully saturated rings. The highest BCUT2D eigenvalue weighted by Crippen LogP contribution is 2.36. The molecule has 0 unspecified atom stereocenters. The fraction of sp³-hybridized carbons (Fsp3) is 0.115. The highest BCUT2D eigenvalue weighted by molar-refractivity contribution is 14.1. The highest BCUT2D eigenvalue weighted by Gasteiger charge is 2.36. The normalized spacial score (nSPS) is 14.7. The molecule has 184 valence electrons. The lowest BCUT2D eigenvalue weighted by Gasteiger charge is -2.26. The summed E-state index contributed by atoms with van der Waals surface area (Å²) in [5.74, 6) is -1.94. The predicted octanol–water partition coefficient (Wildman–Crippen LogP) is 5.21. The van der Waals surface area contributed by atoms with Crippen LogP contribution in [0.25, 0.3) is 6.08 Å². The number of halogens is 3. The number of nitrogens with zero attached hydrogens (tertiary/aromatic N) is 1. The first-order chi connectivity index (χ1) is 17.3. The van der Waals surface area contributed by atoms with Gasteiger partial charge >= 0.3 is 6.03 Å². The van der Waals surface area contributed by atoms with Crippen molar-refractivity contribution < 1.29 is 32.6 Å². The van der Waals surface area contributed by atoms with Crippen molar-refractivity contribution in [3.05, 3.63) is 92.6 Å². The van der Waals surface area contributed by atoms with Crippen LogP contribution in [0.15, 0.2) is 66.2 Å². The zero-order valence-corrected chi connectivity index (χ0v) is 21.0. The number of ether oxygens (including phenoxy) is 2. The minimum atomic E-state index is -0.935. The van der Waals surface area contributed by atoms with E-state index in [2.05, 4.69) is 5.32 Å². The minimum absolute atomic E-state index is 0.0289. The van der Waals surface area contributed by atoms with Crippen molar-refractivity contribution in [2.24, 2.45) is 0 Å². The summed E-state index contributed by atoms with van der Waals surface area (Å²) in [7, 11) is 0. The Morgan fingerprint density at radius 2 is 1.72 bits per heavy atom. The molecule has 1 N–H and O–H groups in total. The zero-order chi connectivity index (χ0) is 25.8. The molecule has 1 saturated heterocycles. The van der Waals surface area contributed by atoms with Gasteiger partial charge in [-0.1, -0.05) is 18.2 Å². The molecule has 0 saturated carbocycles. The summed E-state index contributed by atoms with van der Waals surface area (Å²) in [6, 6.07) is 13.3. The summed E-state index contributed by atoms with van der Waals surface area (Å²) in [4.78, 5) is 38.7. The van der Waals surface area contributed by atoms with Crippen LogP contribution in [-0.2, 0) is 16.2 Å². The summed E-state index contributed by atoms with van der Waals surface area (Å²) in [6.45, 7) is 2.06. The van der Waals surface area contributed by atoms with Crippen LogP contribution in [0.4, 0.5) is 19.3 Å². The van der Waals surface area contributed by atoms with Crippen molar-refractivity contribution >= 4 is 52.2 Å². The monoisotopic (exact) mass is 604 g/mol. The van der Waals surface area contributed by atoms with E-state index in [0.29, 0.717) is 32.8 Å². The van der Waals surface area contributed by atoms with E-state index in [9.17, 15) is 23.2 Å². The standard InChI is InChI=1S/C26H19F2IN2O5/c1-2-35-22-13-15(12-21(29)23(22)36-14-16-5-3-4-6-20(16)28)11-19-24(32)30-26(34)31(25(19)33)18-9-7-17(27)8-10-18/h3-13H,2,14H2,1H3,(H,30,32,34)/b19-11+. The molecule has 1 heterocycles. The van der Waals surface area contributed by atoms with Gasteiger partial charge in [-0.2, -0.15) is 0 Å². The van der Waals surface area contributed by atoms with E-state index in [-0.39, 0.29) is 17.9 Å². The number of rotatable bonds is 7. The van der Waals surface area contributed by atoms with E-state index in [1.807, 2.05) is 22.6 Å². The van der Waals surface area contributed by atoms with Crippen LogP contribution in [-0.4, -0.2) is 24.5 Å². The molecule has 0 spiro atoms. The number of anilines is 1. The number of barbiturate groups is 1. The van der Waals surface area contributed by atoms with Crippen molar-refractivity contribution in [1.29, 1.82) is 0 Å². The van der Waals surface area contributed by atoms with Gasteiger partial charge in [0.25, 0.3) is 11.8 Å². The molecule has 0 aromatic heterocycles. The van der Waals surface area contributed by atoms with Crippen molar-refractivity contribution in [2.75, 3.05) is 11.5 Å². The summed E-state index contributed by atoms with van der Waals surface area (Å²) >= 11 is 2.01. The molecular formula is C26H19F2IN2O5. The maximum absolute atomic E-state index is 14.0. The molecule has 0 aliphatic carbocycles. The molecule has 1 aliphatic heterocycles. The average molecular weight is 604 g/mol. The molecule has 0 bridgehead atoms. The molecule has 0 radical (unpaired) electrons. The fourth-order valence-corrected chi connectivity index (χ4v) is 4.27. The van der Waals surface area contributed by atoms with Crippen molar-refractivity contribution in [2.45, 2.75) is 13.5 Å². The Morgan fingerprint density at radius 1 is 1.00 bits per heavy atom. The molecular weight excluding hydrogens is 585 g/mol. The first-order valence-corrected chi connectivity index (χ1v) is 11.9. The third kappa shape index (κ3) is 5.38. The highest BCUT2D eigenvalue weighted by atomic mass is 127. The van der Waals surface area contributed by atoms with Gasteiger partial charge in [-0.05, 0) is 83.6 Å². The minimum Gasteiger partial charge on any atom is -0.490 e. The van der Waals surface area contributed by atoms with Crippen molar-refractivity contribution in [1.82, 2.24) is 5.32 Å². The molecule has 3 aromatic rings. The van der Waals surface area contributed by atoms with Crippen molar-refractivity contribution in [3.8, 4) is 11.5 Å². The van der Waals surface area contributed by atoms with Crippen LogP contribution in [0.2, 0.25) is 0 Å². The summed E-state index contributed by atoms with van der Waals surface area (Å²) in [5.41, 5.74) is 0.626. The van der Waals surface area contributed by atoms with Gasteiger partial charge in [-0.15, -0.1) is 0 Å². The summed E-state index contributed by atoms with van der Waals surface area (Å²) in [6.07, 6.45) is 1.33. The molecule has 4 rings (SSSR count). The quantitative estimate of drug-likeness (QED) is 0.228. The topological polar surface area (TPSA) is 84.9 Å². The van der Waals surface area contributed by atoms with E-state index in [1.54, 1.807) is 37.3 Å². The molecule has 10 heteroatoms. The molecule has 7 nitrogen and oxygen atoms in total. The Morgan fingerprint density at radius 3 is 2.42 bits per heavy atom. The lowest BCUT2D eigenvalue weighted by Crippen LogP contribution is -2.54. The number of carbonyl (C=O) groups excluding carboxylic acids is 3. The molecule has 0 atom stereocenters. The largest absolute Gasteiger partial charge is 0.490 e. The summed E-state index contributed by atoms with van der Waals surface area (Å²) in [5, 5.41) is 2.12. The second-order valence-electron chi connectivity index (χ2n) is 7.58. The van der Waals surface area contributed by atoms with E-state index in [1.165, 1.54) is 24.3 Å². The van der Waals surface area contributed by atoms with Crippen LogP contribution in [0.3, 0.4) is 0 Å². The Kier molecular flexibility index (Phi) is 7.63. The maximum atomic E-state index is 14.0. The maximum Gasteiger partial charge on any atom is 0.335 e. The number of hydrogen-bond donors (Lipinski definition) is 1. The first-order valence-electron chi connectivity index (χ1n) is 10.8. The Labute approximate surface area is 218 Å². The second-order valence-corrected chi connectivity index (χ2v) is 8.74. The smallest absolute Gasteiger partial charge is 0.335 e. The number of urea groups is 1. The number of hydrogen-bond acceptors (Lipinski definition) is 5. The SMILES string of the molecule is CCOc1cc(/C=C2\C(=O)NC(=O)N(c3ccc(F)cc3)C2=O)cc(I)c1OCc1ccccc1F. The van der Waals surface area contributed by atoms with Gasteiger partial charge in [0, 0.05) is 5.56 Å². The van der Waals surface area contributed by atoms with Crippen LogP contribution in [0.1, 0.15) is 18.1 Å². The van der Waals surface area contributed by atoms with Crippen LogP contribution >= 0.6 is 22.6 Å². The van der Waals surface area contributed by atoms with Crippen LogP contribution in [0.5, 0.6) is 11.5 Å². The lowest BCUT2D eigenvalue weighted by atomic mass is 10.1. The van der Waals surface area contributed by atoms with E-state index in [4.69, 9.17) is 9.47 Å². The number of carbonyl (C=O) groups is 3. The van der Waals surface area contributed by atoms with Crippen LogP contribution in [0, 0.1) is 15.2 Å². The van der Waals surface area contributed by atoms with Gasteiger partial charge in [-0.25, -0.2) is 18.5 Å². The van der Waals surface area contributed by atoms with Crippen molar-refractivity contribution in [3.63, 3.8) is 0 Å². The van der Waals surface area contributed by atoms with Gasteiger partial charge in [0.05, 0.1) is 15.9 Å².